The van der Waals surface area contributed by atoms with Gasteiger partial charge < -0.3 is 20.3 Å². The molecule has 124 valence electrons. The Morgan fingerprint density at radius 3 is 2.48 bits per heavy atom. The molecule has 23 heavy (non-hydrogen) atoms. The van der Waals surface area contributed by atoms with Crippen molar-refractivity contribution in [3.8, 4) is 0 Å². The number of aliphatic hydroxyl groups excluding tert-OH is 2. The first kappa shape index (κ1) is 17.2. The summed E-state index contributed by atoms with van der Waals surface area (Å²) in [4.78, 5) is 12.1. The molecule has 0 radical (unpaired) electrons. The molecule has 2 atom stereocenters. The number of carbonyl (C=O) groups excluding carboxylic acids is 1. The minimum Gasteiger partial charge on any atom is -0.444 e. The number of aliphatic hydroxyl groups is 2. The van der Waals surface area contributed by atoms with Crippen LogP contribution in [-0.4, -0.2) is 34.6 Å². The molecule has 1 amide bonds. The number of nitrogens with one attached hydrogen (secondary N) is 1. The van der Waals surface area contributed by atoms with E-state index in [0.29, 0.717) is 0 Å². The van der Waals surface area contributed by atoms with Gasteiger partial charge in [-0.15, -0.1) is 0 Å². The van der Waals surface area contributed by atoms with E-state index in [1.54, 1.807) is 20.8 Å². The predicted octanol–water partition coefficient (Wildman–Crippen LogP) is 2.76. The van der Waals surface area contributed by atoms with Gasteiger partial charge in [-0.05, 0) is 37.1 Å². The summed E-state index contributed by atoms with van der Waals surface area (Å²) in [5.41, 5.74) is 0.0906. The van der Waals surface area contributed by atoms with Gasteiger partial charge in [-0.3, -0.25) is 0 Å². The molecule has 2 rings (SSSR count). The van der Waals surface area contributed by atoms with Crippen molar-refractivity contribution in [1.82, 2.24) is 5.32 Å². The van der Waals surface area contributed by atoms with Gasteiger partial charge >= 0.3 is 6.09 Å². The number of hydrogen-bond acceptors (Lipinski definition) is 4. The topological polar surface area (TPSA) is 78.8 Å². The summed E-state index contributed by atoms with van der Waals surface area (Å²) in [7, 11) is 0. The molecule has 0 saturated heterocycles. The standard InChI is InChI=1S/C18H23NO4/c1-18(2,3)23-17(22)19-16(15(21)11-20)14-10-6-8-12-7-4-5-9-13(12)14/h4-10,15-16,20-21H,11H2,1-3H3,(H,19,22)/t15-,16+/m0/s1. The number of alkyl carbamates (subject to hydrolysis) is 1. The molecule has 0 saturated carbocycles. The van der Waals surface area contributed by atoms with Gasteiger partial charge in [-0.25, -0.2) is 4.79 Å². The lowest BCUT2D eigenvalue weighted by Gasteiger charge is -2.27. The van der Waals surface area contributed by atoms with Crippen molar-refractivity contribution in [2.45, 2.75) is 38.5 Å². The second kappa shape index (κ2) is 6.98. The smallest absolute Gasteiger partial charge is 0.408 e. The first-order valence-corrected chi connectivity index (χ1v) is 7.58. The van der Waals surface area contributed by atoms with Crippen LogP contribution in [0.25, 0.3) is 10.8 Å². The molecule has 0 bridgehead atoms. The van der Waals surface area contributed by atoms with Gasteiger partial charge in [-0.2, -0.15) is 0 Å². The van der Waals surface area contributed by atoms with E-state index < -0.39 is 30.4 Å². The fraction of sp³-hybridized carbons (Fsp3) is 0.389. The van der Waals surface area contributed by atoms with Crippen LogP contribution in [0.3, 0.4) is 0 Å². The third-order valence-corrected chi connectivity index (χ3v) is 3.40. The van der Waals surface area contributed by atoms with Crippen molar-refractivity contribution in [1.29, 1.82) is 0 Å². The van der Waals surface area contributed by atoms with Crippen molar-refractivity contribution >= 4 is 16.9 Å². The molecule has 5 nitrogen and oxygen atoms in total. The third-order valence-electron chi connectivity index (χ3n) is 3.40. The molecule has 3 N–H and O–H groups in total. The Morgan fingerprint density at radius 1 is 1.17 bits per heavy atom. The Bertz CT molecular complexity index is 673. The predicted molar refractivity (Wildman–Crippen MR) is 89.2 cm³/mol. The van der Waals surface area contributed by atoms with E-state index >= 15 is 0 Å². The lowest BCUT2D eigenvalue weighted by atomic mass is 9.95. The highest BCUT2D eigenvalue weighted by molar-refractivity contribution is 5.86. The molecule has 0 aliphatic heterocycles. The van der Waals surface area contributed by atoms with Crippen molar-refractivity contribution < 1.29 is 19.7 Å². The number of rotatable bonds is 4. The van der Waals surface area contributed by atoms with Gasteiger partial charge in [0, 0.05) is 0 Å². The van der Waals surface area contributed by atoms with Gasteiger partial charge in [0.25, 0.3) is 0 Å². The molecule has 0 fully saturated rings. The van der Waals surface area contributed by atoms with Gasteiger partial charge in [-0.1, -0.05) is 42.5 Å². The molecule has 2 aromatic rings. The Balaban J connectivity index is 2.36. The average molecular weight is 317 g/mol. The van der Waals surface area contributed by atoms with E-state index in [-0.39, 0.29) is 0 Å². The quantitative estimate of drug-likeness (QED) is 0.810. The minimum atomic E-state index is -1.13. The zero-order valence-corrected chi connectivity index (χ0v) is 13.6. The largest absolute Gasteiger partial charge is 0.444 e. The number of fused-ring (bicyclic) bond motifs is 1. The highest BCUT2D eigenvalue weighted by atomic mass is 16.6. The third kappa shape index (κ3) is 4.43. The molecule has 0 aliphatic carbocycles. The number of ether oxygens (including phenoxy) is 1. The van der Waals surface area contributed by atoms with E-state index in [1.807, 2.05) is 42.5 Å². The minimum absolute atomic E-state index is 0.469. The molecule has 0 spiro atoms. The molecule has 0 aromatic heterocycles. The zero-order chi connectivity index (χ0) is 17.0. The second-order valence-corrected chi connectivity index (χ2v) is 6.44. The Kier molecular flexibility index (Phi) is 5.23. The SMILES string of the molecule is CC(C)(C)OC(=O)N[C@H](c1cccc2ccccc12)[C@@H](O)CO. The van der Waals surface area contributed by atoms with Crippen LogP contribution in [0.1, 0.15) is 32.4 Å². The summed E-state index contributed by atoms with van der Waals surface area (Å²) in [5, 5.41) is 24.1. The fourth-order valence-electron chi connectivity index (χ4n) is 2.44. The molecular formula is C18H23NO4. The summed E-state index contributed by atoms with van der Waals surface area (Å²) in [6.45, 7) is 4.83. The normalized spacial score (nSPS) is 14.3. The van der Waals surface area contributed by atoms with Crippen LogP contribution < -0.4 is 5.32 Å². The second-order valence-electron chi connectivity index (χ2n) is 6.44. The van der Waals surface area contributed by atoms with Crippen molar-refractivity contribution in [2.75, 3.05) is 6.61 Å². The van der Waals surface area contributed by atoms with Crippen molar-refractivity contribution in [2.24, 2.45) is 0 Å². The zero-order valence-electron chi connectivity index (χ0n) is 13.6. The number of amides is 1. The van der Waals surface area contributed by atoms with E-state index in [0.717, 1.165) is 16.3 Å². The summed E-state index contributed by atoms with van der Waals surface area (Å²) < 4.78 is 5.25. The van der Waals surface area contributed by atoms with Gasteiger partial charge in [0.15, 0.2) is 0 Å². The van der Waals surface area contributed by atoms with Crippen LogP contribution in [0.2, 0.25) is 0 Å². The van der Waals surface area contributed by atoms with Crippen LogP contribution in [0.4, 0.5) is 4.79 Å². The van der Waals surface area contributed by atoms with Crippen molar-refractivity contribution in [3.63, 3.8) is 0 Å². The number of hydrogen-bond donors (Lipinski definition) is 3. The molecule has 0 heterocycles. The Labute approximate surface area is 135 Å². The number of carbonyl (C=O) groups is 1. The van der Waals surface area contributed by atoms with Gasteiger partial charge in [0.05, 0.1) is 12.6 Å². The van der Waals surface area contributed by atoms with Crippen LogP contribution in [0.15, 0.2) is 42.5 Å². The molecule has 2 aromatic carbocycles. The van der Waals surface area contributed by atoms with Crippen LogP contribution in [0.5, 0.6) is 0 Å². The van der Waals surface area contributed by atoms with E-state index in [2.05, 4.69) is 5.32 Å². The maximum atomic E-state index is 12.1. The van der Waals surface area contributed by atoms with E-state index in [9.17, 15) is 15.0 Å². The molecule has 5 heteroatoms. The fourth-order valence-corrected chi connectivity index (χ4v) is 2.44. The first-order valence-electron chi connectivity index (χ1n) is 7.58. The molecule has 0 aliphatic rings. The van der Waals surface area contributed by atoms with Gasteiger partial charge in [0.1, 0.15) is 11.7 Å². The summed E-state index contributed by atoms with van der Waals surface area (Å²) in [5.74, 6) is 0. The highest BCUT2D eigenvalue weighted by Crippen LogP contribution is 2.27. The van der Waals surface area contributed by atoms with E-state index in [4.69, 9.17) is 4.74 Å². The van der Waals surface area contributed by atoms with Crippen LogP contribution in [-0.2, 0) is 4.74 Å². The van der Waals surface area contributed by atoms with Gasteiger partial charge in [0.2, 0.25) is 0 Å². The maximum absolute atomic E-state index is 12.1. The monoisotopic (exact) mass is 317 g/mol. The molecular weight excluding hydrogens is 294 g/mol. The highest BCUT2D eigenvalue weighted by Gasteiger charge is 2.26. The summed E-state index contributed by atoms with van der Waals surface area (Å²) in [6, 6.07) is 12.5. The van der Waals surface area contributed by atoms with Crippen LogP contribution >= 0.6 is 0 Å². The molecule has 0 unspecified atom stereocenters. The Morgan fingerprint density at radius 2 is 1.83 bits per heavy atom. The summed E-state index contributed by atoms with van der Waals surface area (Å²) >= 11 is 0. The lowest BCUT2D eigenvalue weighted by Crippen LogP contribution is -2.41. The first-order chi connectivity index (χ1) is 10.8. The van der Waals surface area contributed by atoms with Crippen molar-refractivity contribution in [3.05, 3.63) is 48.0 Å². The summed E-state index contributed by atoms with van der Waals surface area (Å²) in [6.07, 6.45) is -1.77. The van der Waals surface area contributed by atoms with Crippen LogP contribution in [0, 0.1) is 0 Å². The number of benzene rings is 2. The lowest BCUT2D eigenvalue weighted by molar-refractivity contribution is 0.0318. The Hall–Kier alpha value is -2.11. The average Bonchev–Trinajstić information content (AvgIpc) is 2.50. The van der Waals surface area contributed by atoms with E-state index in [1.165, 1.54) is 0 Å². The maximum Gasteiger partial charge on any atom is 0.408 e.